The van der Waals surface area contributed by atoms with Crippen molar-refractivity contribution in [3.63, 3.8) is 0 Å². The molecule has 0 saturated carbocycles. The second-order valence-electron chi connectivity index (χ2n) is 6.35. The molecule has 0 amide bonds. The van der Waals surface area contributed by atoms with E-state index in [-0.39, 0.29) is 0 Å². The maximum absolute atomic E-state index is 4.55. The van der Waals surface area contributed by atoms with Gasteiger partial charge in [0.25, 0.3) is 0 Å². The highest BCUT2D eigenvalue weighted by Crippen LogP contribution is 2.28. The second kappa shape index (κ2) is 8.42. The molecule has 0 N–H and O–H groups in total. The van der Waals surface area contributed by atoms with Gasteiger partial charge < -0.3 is 4.90 Å². The molecule has 0 aliphatic heterocycles. The third-order valence-electron chi connectivity index (χ3n) is 3.91. The number of thiol groups is 1. The average molecular weight is 260 g/mol. The fourth-order valence-electron chi connectivity index (χ4n) is 2.00. The fourth-order valence-corrected chi connectivity index (χ4v) is 2.66. The van der Waals surface area contributed by atoms with Crippen molar-refractivity contribution in [3.8, 4) is 0 Å². The Bertz CT molecular complexity index is 186. The number of unbranched alkanes of at least 4 members (excludes halogenated alkanes) is 1. The van der Waals surface area contributed by atoms with E-state index in [1.807, 2.05) is 0 Å². The van der Waals surface area contributed by atoms with Crippen molar-refractivity contribution < 1.29 is 0 Å². The number of rotatable bonds is 8. The van der Waals surface area contributed by atoms with Crippen LogP contribution in [0.2, 0.25) is 0 Å². The predicted molar refractivity (Wildman–Crippen MR) is 83.0 cm³/mol. The first-order valence-electron chi connectivity index (χ1n) is 7.21. The van der Waals surface area contributed by atoms with Gasteiger partial charge in [-0.25, -0.2) is 0 Å². The maximum Gasteiger partial charge on any atom is 0.00644 e. The lowest BCUT2D eigenvalue weighted by Crippen LogP contribution is -2.41. The minimum atomic E-state index is 0.361. The van der Waals surface area contributed by atoms with E-state index in [9.17, 15) is 0 Å². The minimum absolute atomic E-state index is 0.361. The topological polar surface area (TPSA) is 3.24 Å². The van der Waals surface area contributed by atoms with E-state index < -0.39 is 0 Å². The van der Waals surface area contributed by atoms with Gasteiger partial charge in [-0.3, -0.25) is 0 Å². The molecule has 2 atom stereocenters. The lowest BCUT2D eigenvalue weighted by molar-refractivity contribution is 0.128. The van der Waals surface area contributed by atoms with E-state index in [1.165, 1.54) is 32.4 Å². The Balaban J connectivity index is 4.48. The SMILES string of the molecule is CCCCN(CC(CS)C(C)(C)C)C(C)CC. The van der Waals surface area contributed by atoms with E-state index in [0.29, 0.717) is 17.4 Å². The standard InChI is InChI=1S/C15H33NS/c1-7-9-10-16(13(3)8-2)11-14(12-17)15(4,5)6/h13-14,17H,7-12H2,1-6H3. The van der Waals surface area contributed by atoms with Crippen LogP contribution < -0.4 is 0 Å². The summed E-state index contributed by atoms with van der Waals surface area (Å²) in [6.45, 7) is 16.4. The van der Waals surface area contributed by atoms with Gasteiger partial charge in [-0.05, 0) is 43.4 Å². The molecular formula is C15H33NS. The van der Waals surface area contributed by atoms with Crippen LogP contribution in [0.3, 0.4) is 0 Å². The molecule has 2 unspecified atom stereocenters. The van der Waals surface area contributed by atoms with Crippen LogP contribution >= 0.6 is 12.6 Å². The highest BCUT2D eigenvalue weighted by molar-refractivity contribution is 7.80. The van der Waals surface area contributed by atoms with E-state index >= 15 is 0 Å². The molecule has 17 heavy (non-hydrogen) atoms. The first-order valence-corrected chi connectivity index (χ1v) is 7.84. The predicted octanol–water partition coefficient (Wildman–Crippen LogP) is 4.48. The van der Waals surface area contributed by atoms with E-state index in [4.69, 9.17) is 0 Å². The van der Waals surface area contributed by atoms with E-state index in [1.54, 1.807) is 0 Å². The smallest absolute Gasteiger partial charge is 0.00644 e. The summed E-state index contributed by atoms with van der Waals surface area (Å²) in [7, 11) is 0. The van der Waals surface area contributed by atoms with Crippen LogP contribution in [0, 0.1) is 11.3 Å². The quantitative estimate of drug-likeness (QED) is 0.629. The van der Waals surface area contributed by atoms with Crippen molar-refractivity contribution in [3.05, 3.63) is 0 Å². The Labute approximate surface area is 115 Å². The monoisotopic (exact) mass is 259 g/mol. The van der Waals surface area contributed by atoms with E-state index in [2.05, 4.69) is 59.1 Å². The Morgan fingerprint density at radius 3 is 2.12 bits per heavy atom. The van der Waals surface area contributed by atoms with E-state index in [0.717, 1.165) is 5.75 Å². The summed E-state index contributed by atoms with van der Waals surface area (Å²) < 4.78 is 0. The van der Waals surface area contributed by atoms with Gasteiger partial charge in [-0.15, -0.1) is 0 Å². The first kappa shape index (κ1) is 17.3. The third-order valence-corrected chi connectivity index (χ3v) is 4.35. The summed E-state index contributed by atoms with van der Waals surface area (Å²) in [6, 6.07) is 0.700. The average Bonchev–Trinajstić information content (AvgIpc) is 2.26. The van der Waals surface area contributed by atoms with Crippen LogP contribution in [-0.4, -0.2) is 29.8 Å². The van der Waals surface area contributed by atoms with Gasteiger partial charge in [0.1, 0.15) is 0 Å². The molecule has 0 radical (unpaired) electrons. The lowest BCUT2D eigenvalue weighted by Gasteiger charge is -2.37. The largest absolute Gasteiger partial charge is 0.300 e. The summed E-state index contributed by atoms with van der Waals surface area (Å²) in [5, 5.41) is 0. The van der Waals surface area contributed by atoms with Gasteiger partial charge in [0.2, 0.25) is 0 Å². The van der Waals surface area contributed by atoms with Crippen LogP contribution in [0.4, 0.5) is 0 Å². The van der Waals surface area contributed by atoms with Crippen molar-refractivity contribution in [2.24, 2.45) is 11.3 Å². The summed E-state index contributed by atoms with van der Waals surface area (Å²) >= 11 is 4.55. The molecule has 0 saturated heterocycles. The van der Waals surface area contributed by atoms with Crippen LogP contribution in [0.25, 0.3) is 0 Å². The summed E-state index contributed by atoms with van der Waals surface area (Å²) in [6.07, 6.45) is 3.84. The molecule has 0 aromatic heterocycles. The van der Waals surface area contributed by atoms with Gasteiger partial charge in [0.05, 0.1) is 0 Å². The highest BCUT2D eigenvalue weighted by atomic mass is 32.1. The molecule has 104 valence electrons. The molecule has 1 nitrogen and oxygen atoms in total. The summed E-state index contributed by atoms with van der Waals surface area (Å²) in [5.74, 6) is 1.67. The molecule has 0 rings (SSSR count). The molecule has 2 heteroatoms. The molecular weight excluding hydrogens is 226 g/mol. The van der Waals surface area contributed by atoms with Gasteiger partial charge in [0.15, 0.2) is 0 Å². The number of hydrogen-bond donors (Lipinski definition) is 1. The Hall–Kier alpha value is 0.310. The number of nitrogens with zero attached hydrogens (tertiary/aromatic N) is 1. The zero-order chi connectivity index (χ0) is 13.5. The van der Waals surface area contributed by atoms with Crippen molar-refractivity contribution in [1.82, 2.24) is 4.90 Å². The molecule has 0 aromatic carbocycles. The van der Waals surface area contributed by atoms with Crippen molar-refractivity contribution in [1.29, 1.82) is 0 Å². The molecule has 0 spiro atoms. The van der Waals surface area contributed by atoms with Gasteiger partial charge >= 0.3 is 0 Å². The first-order chi connectivity index (χ1) is 7.86. The zero-order valence-electron chi connectivity index (χ0n) is 12.8. The highest BCUT2D eigenvalue weighted by Gasteiger charge is 2.26. The van der Waals surface area contributed by atoms with Crippen LogP contribution in [0.1, 0.15) is 60.8 Å². The van der Waals surface area contributed by atoms with Crippen molar-refractivity contribution >= 4 is 12.6 Å². The lowest BCUT2D eigenvalue weighted by atomic mass is 9.81. The maximum atomic E-state index is 4.55. The minimum Gasteiger partial charge on any atom is -0.300 e. The van der Waals surface area contributed by atoms with Crippen molar-refractivity contribution in [2.45, 2.75) is 66.8 Å². The third kappa shape index (κ3) is 6.71. The zero-order valence-corrected chi connectivity index (χ0v) is 13.7. The summed E-state index contributed by atoms with van der Waals surface area (Å²) in [4.78, 5) is 2.66. The second-order valence-corrected chi connectivity index (χ2v) is 6.72. The molecule has 0 aromatic rings. The molecule has 0 aliphatic carbocycles. The molecule has 0 fully saturated rings. The Morgan fingerprint density at radius 2 is 1.76 bits per heavy atom. The number of hydrogen-bond acceptors (Lipinski definition) is 2. The van der Waals surface area contributed by atoms with Crippen LogP contribution in [-0.2, 0) is 0 Å². The molecule has 0 heterocycles. The van der Waals surface area contributed by atoms with Gasteiger partial charge in [0, 0.05) is 12.6 Å². The van der Waals surface area contributed by atoms with Gasteiger partial charge in [-0.2, -0.15) is 12.6 Å². The van der Waals surface area contributed by atoms with Crippen molar-refractivity contribution in [2.75, 3.05) is 18.8 Å². The summed E-state index contributed by atoms with van der Waals surface area (Å²) in [5.41, 5.74) is 0.361. The fraction of sp³-hybridized carbons (Fsp3) is 1.00. The molecule has 0 bridgehead atoms. The van der Waals surface area contributed by atoms with Crippen LogP contribution in [0.15, 0.2) is 0 Å². The molecule has 0 aliphatic rings. The van der Waals surface area contributed by atoms with Crippen LogP contribution in [0.5, 0.6) is 0 Å². The Kier molecular flexibility index (Phi) is 8.57. The normalized spacial score (nSPS) is 16.2. The Morgan fingerprint density at radius 1 is 1.18 bits per heavy atom. The van der Waals surface area contributed by atoms with Gasteiger partial charge in [-0.1, -0.05) is 41.0 Å².